The minimum atomic E-state index is -1.05. The molecule has 1 rings (SSSR count). The molecule has 0 saturated heterocycles. The maximum absolute atomic E-state index is 11.8. The molecule has 0 spiro atoms. The summed E-state index contributed by atoms with van der Waals surface area (Å²) in [5.74, 6) is -0.643. The van der Waals surface area contributed by atoms with E-state index < -0.39 is 11.6 Å². The van der Waals surface area contributed by atoms with E-state index in [1.807, 2.05) is 6.26 Å². The van der Waals surface area contributed by atoms with Crippen LogP contribution >= 0.6 is 11.8 Å². The zero-order chi connectivity index (χ0) is 11.3. The molecule has 0 aromatic heterocycles. The van der Waals surface area contributed by atoms with Crippen molar-refractivity contribution in [3.05, 3.63) is 0 Å². The van der Waals surface area contributed by atoms with Gasteiger partial charge in [0.05, 0.1) is 12.4 Å². The van der Waals surface area contributed by atoms with Gasteiger partial charge in [-0.3, -0.25) is 9.59 Å². The molecule has 0 radical (unpaired) electrons. The first kappa shape index (κ1) is 12.5. The third-order valence-electron chi connectivity index (χ3n) is 2.63. The van der Waals surface area contributed by atoms with Crippen LogP contribution in [0.3, 0.4) is 0 Å². The molecule has 15 heavy (non-hydrogen) atoms. The molecule has 1 saturated carbocycles. The van der Waals surface area contributed by atoms with Crippen LogP contribution in [0.1, 0.15) is 32.1 Å². The van der Waals surface area contributed by atoms with Gasteiger partial charge in [-0.05, 0) is 25.5 Å². The van der Waals surface area contributed by atoms with Crippen molar-refractivity contribution in [2.45, 2.75) is 37.7 Å². The number of thioether (sulfide) groups is 1. The van der Waals surface area contributed by atoms with E-state index in [0.717, 1.165) is 12.8 Å². The number of Topliss-reactive ketones (excluding diaryl/α,β-unsaturated/α-hetero) is 1. The SMILES string of the molecule is CSCO[C@]1(CC(=O)O)CCCCC1=O. The highest BCUT2D eigenvalue weighted by atomic mass is 32.2. The predicted octanol–water partition coefficient (Wildman–Crippen LogP) is 1.68. The number of rotatable bonds is 5. The van der Waals surface area contributed by atoms with Crippen LogP contribution < -0.4 is 0 Å². The Morgan fingerprint density at radius 1 is 1.60 bits per heavy atom. The van der Waals surface area contributed by atoms with Crippen molar-refractivity contribution in [1.82, 2.24) is 0 Å². The number of carboxylic acid groups (broad SMARTS) is 1. The maximum Gasteiger partial charge on any atom is 0.306 e. The second kappa shape index (κ2) is 5.51. The fraction of sp³-hybridized carbons (Fsp3) is 0.800. The summed E-state index contributed by atoms with van der Waals surface area (Å²) in [5.41, 5.74) is -1.05. The molecule has 0 aromatic carbocycles. The lowest BCUT2D eigenvalue weighted by molar-refractivity contribution is -0.158. The van der Waals surface area contributed by atoms with Crippen molar-refractivity contribution >= 4 is 23.5 Å². The molecule has 0 amide bonds. The minimum Gasteiger partial charge on any atom is -0.481 e. The van der Waals surface area contributed by atoms with E-state index in [1.54, 1.807) is 0 Å². The molecule has 1 N–H and O–H groups in total. The minimum absolute atomic E-state index is 0.0507. The smallest absolute Gasteiger partial charge is 0.306 e. The van der Waals surface area contributed by atoms with Gasteiger partial charge in [0.15, 0.2) is 5.78 Å². The lowest BCUT2D eigenvalue weighted by Gasteiger charge is -2.34. The van der Waals surface area contributed by atoms with Gasteiger partial charge in [-0.15, -0.1) is 11.8 Å². The van der Waals surface area contributed by atoms with Gasteiger partial charge >= 0.3 is 5.97 Å². The molecule has 1 atom stereocenters. The van der Waals surface area contributed by atoms with Gasteiger partial charge in [0.1, 0.15) is 5.60 Å². The molecule has 0 aliphatic heterocycles. The fourth-order valence-electron chi connectivity index (χ4n) is 1.87. The van der Waals surface area contributed by atoms with Crippen LogP contribution in [0.15, 0.2) is 0 Å². The van der Waals surface area contributed by atoms with Gasteiger partial charge in [0, 0.05) is 6.42 Å². The molecule has 5 heteroatoms. The first-order chi connectivity index (χ1) is 7.10. The van der Waals surface area contributed by atoms with Crippen molar-refractivity contribution in [3.63, 3.8) is 0 Å². The van der Waals surface area contributed by atoms with Crippen molar-refractivity contribution in [1.29, 1.82) is 0 Å². The van der Waals surface area contributed by atoms with Crippen LogP contribution in [0.25, 0.3) is 0 Å². The summed E-state index contributed by atoms with van der Waals surface area (Å²) in [6.07, 6.45) is 4.37. The third-order valence-corrected chi connectivity index (χ3v) is 2.99. The Balaban J connectivity index is 2.72. The Morgan fingerprint density at radius 2 is 2.33 bits per heavy atom. The average molecular weight is 232 g/mol. The van der Waals surface area contributed by atoms with Crippen LogP contribution in [0, 0.1) is 0 Å². The van der Waals surface area contributed by atoms with Crippen LogP contribution in [0.4, 0.5) is 0 Å². The number of ether oxygens (including phenoxy) is 1. The van der Waals surface area contributed by atoms with Gasteiger partial charge in [-0.1, -0.05) is 0 Å². The van der Waals surface area contributed by atoms with Gasteiger partial charge in [-0.2, -0.15) is 0 Å². The van der Waals surface area contributed by atoms with E-state index in [-0.39, 0.29) is 12.2 Å². The molecule has 86 valence electrons. The quantitative estimate of drug-likeness (QED) is 0.731. The molecule has 0 unspecified atom stereocenters. The number of hydrogen-bond acceptors (Lipinski definition) is 4. The highest BCUT2D eigenvalue weighted by molar-refractivity contribution is 7.98. The molecule has 0 bridgehead atoms. The molecule has 0 heterocycles. The lowest BCUT2D eigenvalue weighted by Crippen LogP contribution is -2.45. The van der Waals surface area contributed by atoms with Gasteiger partial charge in [0.25, 0.3) is 0 Å². The van der Waals surface area contributed by atoms with E-state index in [0.29, 0.717) is 18.8 Å². The van der Waals surface area contributed by atoms with E-state index in [2.05, 4.69) is 0 Å². The molecule has 0 aromatic rings. The van der Waals surface area contributed by atoms with E-state index in [4.69, 9.17) is 9.84 Å². The van der Waals surface area contributed by atoms with Crippen molar-refractivity contribution < 1.29 is 19.4 Å². The summed E-state index contributed by atoms with van der Waals surface area (Å²) < 4.78 is 5.48. The molecular formula is C10H16O4S. The van der Waals surface area contributed by atoms with Crippen molar-refractivity contribution in [3.8, 4) is 0 Å². The normalized spacial score (nSPS) is 26.6. The standard InChI is InChI=1S/C10H16O4S/c1-15-7-14-10(6-9(12)13)5-3-2-4-8(10)11/h2-7H2,1H3,(H,12,13)/t10-/m0/s1. The fourth-order valence-corrected chi connectivity index (χ4v) is 2.21. The summed E-state index contributed by atoms with van der Waals surface area (Å²) >= 11 is 1.46. The molecule has 1 fully saturated rings. The maximum atomic E-state index is 11.8. The highest BCUT2D eigenvalue weighted by Gasteiger charge is 2.42. The van der Waals surface area contributed by atoms with Crippen LogP contribution in [0.2, 0.25) is 0 Å². The number of hydrogen-bond donors (Lipinski definition) is 1. The molecule has 4 nitrogen and oxygen atoms in total. The summed E-state index contributed by atoms with van der Waals surface area (Å²) in [6, 6.07) is 0. The van der Waals surface area contributed by atoms with Crippen LogP contribution in [-0.2, 0) is 14.3 Å². The summed E-state index contributed by atoms with van der Waals surface area (Å²) in [4.78, 5) is 22.5. The predicted molar refractivity (Wildman–Crippen MR) is 57.9 cm³/mol. The van der Waals surface area contributed by atoms with E-state index >= 15 is 0 Å². The highest BCUT2D eigenvalue weighted by Crippen LogP contribution is 2.32. The number of ketones is 1. The first-order valence-electron chi connectivity index (χ1n) is 4.99. The summed E-state index contributed by atoms with van der Waals surface area (Å²) in [6.45, 7) is 0. The van der Waals surface area contributed by atoms with E-state index in [1.165, 1.54) is 11.8 Å². The summed E-state index contributed by atoms with van der Waals surface area (Å²) in [7, 11) is 0. The molecular weight excluding hydrogens is 216 g/mol. The Labute approximate surface area is 93.4 Å². The largest absolute Gasteiger partial charge is 0.481 e. The molecule has 1 aliphatic carbocycles. The lowest BCUT2D eigenvalue weighted by atomic mass is 9.81. The van der Waals surface area contributed by atoms with Gasteiger partial charge < -0.3 is 9.84 Å². The van der Waals surface area contributed by atoms with Crippen LogP contribution in [-0.4, -0.2) is 34.7 Å². The number of carboxylic acids is 1. The van der Waals surface area contributed by atoms with Gasteiger partial charge in [-0.25, -0.2) is 0 Å². The first-order valence-corrected chi connectivity index (χ1v) is 6.38. The average Bonchev–Trinajstić information content (AvgIpc) is 2.18. The Kier molecular flexibility index (Phi) is 4.60. The monoisotopic (exact) mass is 232 g/mol. The second-order valence-corrected chi connectivity index (χ2v) is 4.56. The van der Waals surface area contributed by atoms with Crippen molar-refractivity contribution in [2.24, 2.45) is 0 Å². The van der Waals surface area contributed by atoms with Crippen molar-refractivity contribution in [2.75, 3.05) is 12.2 Å². The Morgan fingerprint density at radius 3 is 2.87 bits per heavy atom. The van der Waals surface area contributed by atoms with E-state index in [9.17, 15) is 9.59 Å². The Bertz CT molecular complexity index is 254. The number of carbonyl (C=O) groups is 2. The Hall–Kier alpha value is -0.550. The third kappa shape index (κ3) is 3.21. The van der Waals surface area contributed by atoms with Crippen LogP contribution in [0.5, 0.6) is 0 Å². The molecule has 1 aliphatic rings. The summed E-state index contributed by atoms with van der Waals surface area (Å²) in [5, 5.41) is 8.81. The second-order valence-electron chi connectivity index (χ2n) is 3.75. The zero-order valence-corrected chi connectivity index (χ0v) is 9.64. The van der Waals surface area contributed by atoms with Gasteiger partial charge in [0.2, 0.25) is 0 Å². The zero-order valence-electron chi connectivity index (χ0n) is 8.82. The number of aliphatic carboxylic acids is 1. The number of carbonyl (C=O) groups excluding carboxylic acids is 1. The topological polar surface area (TPSA) is 63.6 Å².